The molecule has 2 heterocycles. The van der Waals surface area contributed by atoms with Gasteiger partial charge in [-0.05, 0) is 32.3 Å². The van der Waals surface area contributed by atoms with E-state index in [-0.39, 0.29) is 11.7 Å². The van der Waals surface area contributed by atoms with Gasteiger partial charge in [-0.2, -0.15) is 0 Å². The number of halogens is 1. The first-order chi connectivity index (χ1) is 13.0. The van der Waals surface area contributed by atoms with Crippen LogP contribution in [0.1, 0.15) is 10.5 Å². The van der Waals surface area contributed by atoms with Crippen LogP contribution >= 0.6 is 0 Å². The summed E-state index contributed by atoms with van der Waals surface area (Å²) < 4.78 is 14.0. The summed E-state index contributed by atoms with van der Waals surface area (Å²) in [5.41, 5.74) is 0.974. The Kier molecular flexibility index (Phi) is 6.18. The fraction of sp³-hybridized carbons (Fsp3) is 0.421. The number of likely N-dealkylation sites (N-methyl/N-ethyl adjacent to an activating group) is 1. The van der Waals surface area contributed by atoms with Gasteiger partial charge in [0.15, 0.2) is 0 Å². The molecule has 0 unspecified atom stereocenters. The standard InChI is InChI=1S/C19H25FN6O/c1-24(2)10-9-21-18(27)16-7-8-22-19(23-16)26-13-11-25(12-14-26)17-6-4-3-5-15(17)20/h3-8H,9-14H2,1-2H3,(H,21,27). The maximum Gasteiger partial charge on any atom is 0.270 e. The Labute approximate surface area is 158 Å². The zero-order valence-electron chi connectivity index (χ0n) is 15.7. The number of aromatic nitrogens is 2. The van der Waals surface area contributed by atoms with E-state index in [1.165, 1.54) is 6.07 Å². The minimum Gasteiger partial charge on any atom is -0.366 e. The fourth-order valence-corrected chi connectivity index (χ4v) is 2.97. The van der Waals surface area contributed by atoms with Gasteiger partial charge in [0.25, 0.3) is 5.91 Å². The molecule has 1 saturated heterocycles. The van der Waals surface area contributed by atoms with Crippen LogP contribution in [-0.2, 0) is 0 Å². The highest BCUT2D eigenvalue weighted by molar-refractivity contribution is 5.92. The lowest BCUT2D eigenvalue weighted by Crippen LogP contribution is -2.47. The van der Waals surface area contributed by atoms with Crippen molar-refractivity contribution in [2.24, 2.45) is 0 Å². The second kappa shape index (κ2) is 8.77. The van der Waals surface area contributed by atoms with Crippen molar-refractivity contribution in [3.8, 4) is 0 Å². The van der Waals surface area contributed by atoms with Gasteiger partial charge in [-0.1, -0.05) is 12.1 Å². The van der Waals surface area contributed by atoms with Crippen molar-refractivity contribution in [3.63, 3.8) is 0 Å². The van der Waals surface area contributed by atoms with Crippen molar-refractivity contribution in [1.82, 2.24) is 20.2 Å². The number of anilines is 2. The van der Waals surface area contributed by atoms with Crippen molar-refractivity contribution in [2.45, 2.75) is 0 Å². The summed E-state index contributed by atoms with van der Waals surface area (Å²) in [6.45, 7) is 4.00. The van der Waals surface area contributed by atoms with Crippen LogP contribution in [0, 0.1) is 5.82 Å². The lowest BCUT2D eigenvalue weighted by Gasteiger charge is -2.36. The van der Waals surface area contributed by atoms with Gasteiger partial charge in [0, 0.05) is 45.5 Å². The van der Waals surface area contributed by atoms with Gasteiger partial charge in [-0.3, -0.25) is 4.79 Å². The molecule has 144 valence electrons. The van der Waals surface area contributed by atoms with Gasteiger partial charge in [-0.25, -0.2) is 14.4 Å². The summed E-state index contributed by atoms with van der Waals surface area (Å²) in [6.07, 6.45) is 1.60. The minimum absolute atomic E-state index is 0.203. The first-order valence-corrected chi connectivity index (χ1v) is 9.05. The summed E-state index contributed by atoms with van der Waals surface area (Å²) in [7, 11) is 3.91. The van der Waals surface area contributed by atoms with Crippen molar-refractivity contribution in [3.05, 3.63) is 48.0 Å². The van der Waals surface area contributed by atoms with Gasteiger partial charge >= 0.3 is 0 Å². The number of nitrogens with zero attached hydrogens (tertiary/aromatic N) is 5. The highest BCUT2D eigenvalue weighted by Gasteiger charge is 2.21. The number of hydrogen-bond acceptors (Lipinski definition) is 6. The zero-order chi connectivity index (χ0) is 19.2. The third-order valence-corrected chi connectivity index (χ3v) is 4.48. The van der Waals surface area contributed by atoms with Crippen LogP contribution in [0.4, 0.5) is 16.0 Å². The van der Waals surface area contributed by atoms with Gasteiger partial charge < -0.3 is 20.0 Å². The monoisotopic (exact) mass is 372 g/mol. The van der Waals surface area contributed by atoms with Crippen molar-refractivity contribution >= 4 is 17.5 Å². The summed E-state index contributed by atoms with van der Waals surface area (Å²) >= 11 is 0. The van der Waals surface area contributed by atoms with Crippen LogP contribution in [0.25, 0.3) is 0 Å². The number of nitrogens with one attached hydrogen (secondary N) is 1. The van der Waals surface area contributed by atoms with E-state index >= 15 is 0 Å². The maximum absolute atomic E-state index is 14.0. The van der Waals surface area contributed by atoms with Gasteiger partial charge in [0.2, 0.25) is 5.95 Å². The smallest absolute Gasteiger partial charge is 0.270 e. The molecule has 1 N–H and O–H groups in total. The quantitative estimate of drug-likeness (QED) is 0.823. The SMILES string of the molecule is CN(C)CCNC(=O)c1ccnc(N2CCN(c3ccccc3F)CC2)n1. The molecule has 0 atom stereocenters. The molecule has 0 radical (unpaired) electrons. The summed E-state index contributed by atoms with van der Waals surface area (Å²) in [6, 6.07) is 8.41. The molecule has 8 heteroatoms. The highest BCUT2D eigenvalue weighted by Crippen LogP contribution is 2.21. The van der Waals surface area contributed by atoms with E-state index in [0.29, 0.717) is 50.1 Å². The Morgan fingerprint density at radius 3 is 2.56 bits per heavy atom. The second-order valence-corrected chi connectivity index (χ2v) is 6.73. The van der Waals surface area contributed by atoms with E-state index in [0.717, 1.165) is 6.54 Å². The third-order valence-electron chi connectivity index (χ3n) is 4.48. The third kappa shape index (κ3) is 4.91. The molecule has 1 aromatic carbocycles. The Morgan fingerprint density at radius 1 is 1.15 bits per heavy atom. The van der Waals surface area contributed by atoms with E-state index < -0.39 is 0 Å². The van der Waals surface area contributed by atoms with Crippen LogP contribution in [0.15, 0.2) is 36.5 Å². The molecule has 1 amide bonds. The predicted octanol–water partition coefficient (Wildman–Crippen LogP) is 1.23. The Balaban J connectivity index is 1.60. The van der Waals surface area contributed by atoms with Gasteiger partial charge in [0.1, 0.15) is 11.5 Å². The molecule has 0 spiro atoms. The van der Waals surface area contributed by atoms with Crippen molar-refractivity contribution in [1.29, 1.82) is 0 Å². The van der Waals surface area contributed by atoms with Gasteiger partial charge in [0.05, 0.1) is 5.69 Å². The molecule has 3 rings (SSSR count). The van der Waals surface area contributed by atoms with Crippen LogP contribution in [-0.4, -0.2) is 74.1 Å². The largest absolute Gasteiger partial charge is 0.366 e. The number of amides is 1. The molecule has 1 aromatic heterocycles. The van der Waals surface area contributed by atoms with Crippen LogP contribution in [0.2, 0.25) is 0 Å². The van der Waals surface area contributed by atoms with Crippen molar-refractivity contribution < 1.29 is 9.18 Å². The average molecular weight is 372 g/mol. The predicted molar refractivity (Wildman–Crippen MR) is 104 cm³/mol. The topological polar surface area (TPSA) is 64.6 Å². The second-order valence-electron chi connectivity index (χ2n) is 6.73. The molecule has 1 aliphatic rings. The molecule has 2 aromatic rings. The number of hydrogen-bond donors (Lipinski definition) is 1. The molecule has 7 nitrogen and oxygen atoms in total. The maximum atomic E-state index is 14.0. The van der Waals surface area contributed by atoms with Crippen LogP contribution < -0.4 is 15.1 Å². The molecule has 1 aliphatic heterocycles. The molecule has 1 fully saturated rings. The Morgan fingerprint density at radius 2 is 1.85 bits per heavy atom. The molecule has 0 saturated carbocycles. The number of benzene rings is 1. The van der Waals surface area contributed by atoms with Gasteiger partial charge in [-0.15, -0.1) is 0 Å². The number of rotatable bonds is 6. The van der Waals surface area contributed by atoms with Crippen molar-refractivity contribution in [2.75, 3.05) is 63.2 Å². The van der Waals surface area contributed by atoms with E-state index in [1.807, 2.05) is 34.9 Å². The summed E-state index contributed by atoms with van der Waals surface area (Å²) in [5, 5.41) is 2.86. The average Bonchev–Trinajstić information content (AvgIpc) is 2.68. The molecular weight excluding hydrogens is 347 g/mol. The van der Waals surface area contributed by atoms with E-state index in [2.05, 4.69) is 15.3 Å². The summed E-state index contributed by atoms with van der Waals surface area (Å²) in [5.74, 6) is 0.118. The Bertz CT molecular complexity index is 776. The fourth-order valence-electron chi connectivity index (χ4n) is 2.97. The first-order valence-electron chi connectivity index (χ1n) is 9.05. The first kappa shape index (κ1) is 19.0. The highest BCUT2D eigenvalue weighted by atomic mass is 19.1. The lowest BCUT2D eigenvalue weighted by atomic mass is 10.2. The van der Waals surface area contributed by atoms with Crippen LogP contribution in [0.5, 0.6) is 0 Å². The molecule has 0 aliphatic carbocycles. The van der Waals surface area contributed by atoms with Crippen LogP contribution in [0.3, 0.4) is 0 Å². The van der Waals surface area contributed by atoms with E-state index in [4.69, 9.17) is 0 Å². The lowest BCUT2D eigenvalue weighted by molar-refractivity contribution is 0.0946. The number of carbonyl (C=O) groups excluding carboxylic acids is 1. The number of piperazine rings is 1. The molecule has 27 heavy (non-hydrogen) atoms. The Hall–Kier alpha value is -2.74. The van der Waals surface area contributed by atoms with E-state index in [1.54, 1.807) is 24.4 Å². The zero-order valence-corrected chi connectivity index (χ0v) is 15.7. The molecule has 0 bridgehead atoms. The number of carbonyl (C=O) groups is 1. The molecular formula is C19H25FN6O. The normalized spacial score (nSPS) is 14.5. The minimum atomic E-state index is -0.210. The van der Waals surface area contributed by atoms with E-state index in [9.17, 15) is 9.18 Å². The summed E-state index contributed by atoms with van der Waals surface area (Å²) in [4.78, 5) is 27.0. The number of para-hydroxylation sites is 1.